The summed E-state index contributed by atoms with van der Waals surface area (Å²) in [6.45, 7) is 5.60. The van der Waals surface area contributed by atoms with Crippen molar-refractivity contribution >= 4 is 5.97 Å². The Hall–Kier alpha value is -0.570. The van der Waals surface area contributed by atoms with E-state index < -0.39 is 11.5 Å². The molecule has 0 heterocycles. The molecule has 0 aromatic carbocycles. The van der Waals surface area contributed by atoms with Crippen LogP contribution in [0, 0.1) is 5.92 Å². The van der Waals surface area contributed by atoms with Crippen LogP contribution in [0.15, 0.2) is 0 Å². The molecule has 0 saturated heterocycles. The summed E-state index contributed by atoms with van der Waals surface area (Å²) in [7, 11) is 0. The van der Waals surface area contributed by atoms with Gasteiger partial charge in [0, 0.05) is 0 Å². The number of hydrogen-bond acceptors (Lipinski definition) is 2. The lowest BCUT2D eigenvalue weighted by Crippen LogP contribution is -2.46. The van der Waals surface area contributed by atoms with Gasteiger partial charge >= 0.3 is 5.97 Å². The third kappa shape index (κ3) is 3.37. The maximum absolute atomic E-state index is 10.5. The maximum atomic E-state index is 10.5. The molecule has 0 radical (unpaired) electrons. The monoisotopic (exact) mass is 159 g/mol. The summed E-state index contributed by atoms with van der Waals surface area (Å²) in [6.07, 6.45) is 1.51. The standard InChI is InChI=1S/C8H17NO2/c1-4-6(2)5-8(3,9)7(10)11/h6H,4-5,9H2,1-3H3,(H,10,11). The molecule has 0 spiro atoms. The number of aliphatic carboxylic acids is 1. The van der Waals surface area contributed by atoms with Gasteiger partial charge in [-0.05, 0) is 19.3 Å². The van der Waals surface area contributed by atoms with E-state index in [0.29, 0.717) is 12.3 Å². The first-order valence-corrected chi connectivity index (χ1v) is 3.92. The molecule has 0 aromatic heterocycles. The molecule has 3 nitrogen and oxygen atoms in total. The molecule has 0 amide bonds. The first-order chi connectivity index (χ1) is 4.90. The molecule has 2 unspecified atom stereocenters. The Morgan fingerprint density at radius 2 is 2.18 bits per heavy atom. The molecule has 3 heteroatoms. The fraction of sp³-hybridized carbons (Fsp3) is 0.875. The van der Waals surface area contributed by atoms with E-state index in [2.05, 4.69) is 0 Å². The van der Waals surface area contributed by atoms with Gasteiger partial charge < -0.3 is 10.8 Å². The van der Waals surface area contributed by atoms with E-state index in [9.17, 15) is 4.79 Å². The molecular formula is C8H17NO2. The number of carbonyl (C=O) groups is 1. The lowest BCUT2D eigenvalue weighted by Gasteiger charge is -2.22. The first-order valence-electron chi connectivity index (χ1n) is 3.92. The van der Waals surface area contributed by atoms with Gasteiger partial charge in [0.25, 0.3) is 0 Å². The highest BCUT2D eigenvalue weighted by Crippen LogP contribution is 2.16. The van der Waals surface area contributed by atoms with Gasteiger partial charge in [-0.2, -0.15) is 0 Å². The van der Waals surface area contributed by atoms with Gasteiger partial charge in [-0.1, -0.05) is 20.3 Å². The fourth-order valence-electron chi connectivity index (χ4n) is 0.956. The van der Waals surface area contributed by atoms with E-state index in [1.165, 1.54) is 0 Å². The topological polar surface area (TPSA) is 63.3 Å². The Labute approximate surface area is 67.6 Å². The summed E-state index contributed by atoms with van der Waals surface area (Å²) in [5, 5.41) is 8.66. The highest BCUT2D eigenvalue weighted by atomic mass is 16.4. The zero-order chi connectivity index (χ0) is 9.07. The molecule has 0 aliphatic carbocycles. The zero-order valence-corrected chi connectivity index (χ0v) is 7.42. The molecule has 2 atom stereocenters. The van der Waals surface area contributed by atoms with Crippen LogP contribution in [0.4, 0.5) is 0 Å². The Balaban J connectivity index is 4.01. The SMILES string of the molecule is CCC(C)CC(C)(N)C(=O)O. The van der Waals surface area contributed by atoms with E-state index in [4.69, 9.17) is 10.8 Å². The van der Waals surface area contributed by atoms with Crippen LogP contribution in [0.2, 0.25) is 0 Å². The second kappa shape index (κ2) is 3.72. The Kier molecular flexibility index (Phi) is 3.52. The minimum Gasteiger partial charge on any atom is -0.480 e. The first kappa shape index (κ1) is 10.4. The Morgan fingerprint density at radius 3 is 2.45 bits per heavy atom. The normalized spacial score (nSPS) is 18.9. The fourth-order valence-corrected chi connectivity index (χ4v) is 0.956. The molecule has 66 valence electrons. The van der Waals surface area contributed by atoms with Crippen molar-refractivity contribution in [1.82, 2.24) is 0 Å². The highest BCUT2D eigenvalue weighted by molar-refractivity contribution is 5.77. The van der Waals surface area contributed by atoms with Crippen LogP contribution in [0.1, 0.15) is 33.6 Å². The predicted octanol–water partition coefficient (Wildman–Crippen LogP) is 1.22. The molecule has 11 heavy (non-hydrogen) atoms. The molecule has 0 aliphatic heterocycles. The Bertz CT molecular complexity index is 143. The molecule has 0 rings (SSSR count). The molecule has 0 saturated carbocycles. The van der Waals surface area contributed by atoms with Gasteiger partial charge in [0.1, 0.15) is 5.54 Å². The van der Waals surface area contributed by atoms with Crippen LogP contribution in [-0.4, -0.2) is 16.6 Å². The van der Waals surface area contributed by atoms with Crippen molar-refractivity contribution in [2.24, 2.45) is 11.7 Å². The third-order valence-electron chi connectivity index (χ3n) is 1.96. The lowest BCUT2D eigenvalue weighted by atomic mass is 9.90. The quantitative estimate of drug-likeness (QED) is 0.648. The van der Waals surface area contributed by atoms with E-state index in [1.54, 1.807) is 6.92 Å². The summed E-state index contributed by atoms with van der Waals surface area (Å²) in [6, 6.07) is 0. The molecule has 0 fully saturated rings. The van der Waals surface area contributed by atoms with Crippen molar-refractivity contribution in [3.63, 3.8) is 0 Å². The van der Waals surface area contributed by atoms with E-state index in [-0.39, 0.29) is 0 Å². The molecule has 0 aliphatic rings. The predicted molar refractivity (Wildman–Crippen MR) is 44.3 cm³/mol. The van der Waals surface area contributed by atoms with Gasteiger partial charge in [0.15, 0.2) is 0 Å². The van der Waals surface area contributed by atoms with Crippen molar-refractivity contribution in [3.05, 3.63) is 0 Å². The second-order valence-corrected chi connectivity index (χ2v) is 3.44. The third-order valence-corrected chi connectivity index (χ3v) is 1.96. The number of carboxylic acid groups (broad SMARTS) is 1. The largest absolute Gasteiger partial charge is 0.480 e. The van der Waals surface area contributed by atoms with Crippen LogP contribution in [0.5, 0.6) is 0 Å². The van der Waals surface area contributed by atoms with Crippen molar-refractivity contribution in [1.29, 1.82) is 0 Å². The number of rotatable bonds is 4. The minimum absolute atomic E-state index is 0.376. The zero-order valence-electron chi connectivity index (χ0n) is 7.42. The number of nitrogens with two attached hydrogens (primary N) is 1. The van der Waals surface area contributed by atoms with E-state index in [0.717, 1.165) is 6.42 Å². The van der Waals surface area contributed by atoms with Crippen molar-refractivity contribution in [2.75, 3.05) is 0 Å². The molecule has 0 aromatic rings. The van der Waals surface area contributed by atoms with Crippen LogP contribution >= 0.6 is 0 Å². The summed E-state index contributed by atoms with van der Waals surface area (Å²) in [4.78, 5) is 10.5. The highest BCUT2D eigenvalue weighted by Gasteiger charge is 2.28. The Morgan fingerprint density at radius 1 is 1.73 bits per heavy atom. The van der Waals surface area contributed by atoms with Gasteiger partial charge in [-0.3, -0.25) is 4.79 Å². The van der Waals surface area contributed by atoms with Gasteiger partial charge in [-0.25, -0.2) is 0 Å². The summed E-state index contributed by atoms with van der Waals surface area (Å²) in [5.74, 6) is -0.543. The average Bonchev–Trinajstić information content (AvgIpc) is 1.86. The summed E-state index contributed by atoms with van der Waals surface area (Å²) >= 11 is 0. The molecule has 0 bridgehead atoms. The minimum atomic E-state index is -1.06. The number of hydrogen-bond donors (Lipinski definition) is 2. The smallest absolute Gasteiger partial charge is 0.323 e. The van der Waals surface area contributed by atoms with E-state index >= 15 is 0 Å². The van der Waals surface area contributed by atoms with Gasteiger partial charge in [-0.15, -0.1) is 0 Å². The van der Waals surface area contributed by atoms with Gasteiger partial charge in [0.05, 0.1) is 0 Å². The van der Waals surface area contributed by atoms with E-state index in [1.807, 2.05) is 13.8 Å². The van der Waals surface area contributed by atoms with Gasteiger partial charge in [0.2, 0.25) is 0 Å². The van der Waals surface area contributed by atoms with Crippen LogP contribution < -0.4 is 5.73 Å². The maximum Gasteiger partial charge on any atom is 0.323 e. The van der Waals surface area contributed by atoms with Crippen LogP contribution in [0.25, 0.3) is 0 Å². The van der Waals surface area contributed by atoms with Crippen LogP contribution in [0.3, 0.4) is 0 Å². The summed E-state index contributed by atoms with van der Waals surface area (Å²) < 4.78 is 0. The van der Waals surface area contributed by atoms with Crippen molar-refractivity contribution in [2.45, 2.75) is 39.2 Å². The lowest BCUT2D eigenvalue weighted by molar-refractivity contribution is -0.143. The van der Waals surface area contributed by atoms with Crippen LogP contribution in [-0.2, 0) is 4.79 Å². The second-order valence-electron chi connectivity index (χ2n) is 3.44. The molecular weight excluding hydrogens is 142 g/mol. The summed E-state index contributed by atoms with van der Waals surface area (Å²) in [5.41, 5.74) is 4.48. The van der Waals surface area contributed by atoms with Crippen molar-refractivity contribution < 1.29 is 9.90 Å². The van der Waals surface area contributed by atoms with Crippen molar-refractivity contribution in [3.8, 4) is 0 Å². The average molecular weight is 159 g/mol. The molecule has 3 N–H and O–H groups in total. The number of carboxylic acids is 1.